The van der Waals surface area contributed by atoms with Crippen LogP contribution >= 0.6 is 43.2 Å². The van der Waals surface area contributed by atoms with E-state index in [4.69, 9.17) is 0 Å². The Morgan fingerprint density at radius 3 is 2.55 bits per heavy atom. The van der Waals surface area contributed by atoms with E-state index in [2.05, 4.69) is 37.2 Å². The number of hydrogen-bond acceptors (Lipinski definition) is 2. The monoisotopic (exact) mass is 419 g/mol. The van der Waals surface area contributed by atoms with Crippen LogP contribution in [0.2, 0.25) is 0 Å². The van der Waals surface area contributed by atoms with E-state index in [0.29, 0.717) is 11.3 Å². The molecule has 2 rings (SSSR count). The number of nitrogens with one attached hydrogen (secondary N) is 1. The normalized spacial score (nSPS) is 12.2. The first-order chi connectivity index (χ1) is 9.45. The molecule has 1 aromatic heterocycles. The fourth-order valence-corrected chi connectivity index (χ4v) is 3.72. The lowest BCUT2D eigenvalue weighted by atomic mass is 10.1. The lowest BCUT2D eigenvalue weighted by molar-refractivity contribution is 0.0944. The van der Waals surface area contributed by atoms with Gasteiger partial charge in [0.1, 0.15) is 5.82 Å². The Hall–Kier alpha value is -0.720. The molecule has 1 aromatic carbocycles. The third-order valence-electron chi connectivity index (χ3n) is 2.70. The van der Waals surface area contributed by atoms with E-state index in [9.17, 15) is 9.18 Å². The van der Waals surface area contributed by atoms with Gasteiger partial charge in [-0.15, -0.1) is 11.3 Å². The van der Waals surface area contributed by atoms with Gasteiger partial charge in [-0.2, -0.15) is 0 Å². The highest BCUT2D eigenvalue weighted by atomic mass is 79.9. The van der Waals surface area contributed by atoms with Crippen molar-refractivity contribution >= 4 is 49.1 Å². The highest BCUT2D eigenvalue weighted by Crippen LogP contribution is 2.32. The Labute approximate surface area is 137 Å². The number of thiophene rings is 1. The zero-order valence-electron chi connectivity index (χ0n) is 10.6. The number of carbonyl (C=O) groups is 1. The second-order valence-corrected chi connectivity index (χ2v) is 7.66. The van der Waals surface area contributed by atoms with Crippen molar-refractivity contribution in [3.05, 3.63) is 54.8 Å². The minimum Gasteiger partial charge on any atom is -0.349 e. The molecule has 106 valence electrons. The van der Waals surface area contributed by atoms with Crippen LogP contribution in [0.1, 0.15) is 22.2 Å². The summed E-state index contributed by atoms with van der Waals surface area (Å²) < 4.78 is 14.6. The van der Waals surface area contributed by atoms with E-state index in [-0.39, 0.29) is 17.8 Å². The highest BCUT2D eigenvalue weighted by Gasteiger charge is 2.14. The molecule has 6 heteroatoms. The molecule has 2 nitrogen and oxygen atoms in total. The second-order valence-electron chi connectivity index (χ2n) is 4.44. The summed E-state index contributed by atoms with van der Waals surface area (Å²) >= 11 is 8.11. The van der Waals surface area contributed by atoms with E-state index in [1.807, 2.05) is 6.92 Å². The van der Waals surface area contributed by atoms with Crippen LogP contribution in [-0.2, 0) is 6.42 Å². The first kappa shape index (κ1) is 15.7. The number of halogens is 3. The fraction of sp³-hybridized carbons (Fsp3) is 0.214. The van der Waals surface area contributed by atoms with Crippen LogP contribution < -0.4 is 5.32 Å². The van der Waals surface area contributed by atoms with Crippen LogP contribution in [-0.4, -0.2) is 11.9 Å². The maximum atomic E-state index is 12.8. The minimum absolute atomic E-state index is 0.0207. The zero-order chi connectivity index (χ0) is 14.7. The molecule has 0 fully saturated rings. The van der Waals surface area contributed by atoms with Gasteiger partial charge in [0.25, 0.3) is 5.91 Å². The molecule has 1 atom stereocenters. The number of benzene rings is 1. The lowest BCUT2D eigenvalue weighted by Gasteiger charge is -2.13. The molecule has 2 aromatic rings. The molecule has 0 saturated carbocycles. The van der Waals surface area contributed by atoms with Gasteiger partial charge in [-0.1, -0.05) is 12.1 Å². The molecule has 20 heavy (non-hydrogen) atoms. The van der Waals surface area contributed by atoms with E-state index >= 15 is 0 Å². The molecule has 0 bridgehead atoms. The molecule has 0 aliphatic rings. The van der Waals surface area contributed by atoms with Gasteiger partial charge in [-0.3, -0.25) is 4.79 Å². The summed E-state index contributed by atoms with van der Waals surface area (Å²) in [4.78, 5) is 12.7. The van der Waals surface area contributed by atoms with Crippen molar-refractivity contribution in [3.8, 4) is 0 Å². The van der Waals surface area contributed by atoms with Crippen LogP contribution in [0.15, 0.2) is 38.6 Å². The molecule has 1 amide bonds. The summed E-state index contributed by atoms with van der Waals surface area (Å²) in [6.07, 6.45) is 0.666. The van der Waals surface area contributed by atoms with E-state index < -0.39 is 0 Å². The molecule has 0 aliphatic heterocycles. The second kappa shape index (κ2) is 6.83. The molecule has 1 N–H and O–H groups in total. The van der Waals surface area contributed by atoms with Crippen LogP contribution in [0, 0.1) is 5.82 Å². The van der Waals surface area contributed by atoms with Crippen LogP contribution in [0.5, 0.6) is 0 Å². The Bertz CT molecular complexity index is 593. The van der Waals surface area contributed by atoms with Crippen molar-refractivity contribution in [2.75, 3.05) is 0 Å². The van der Waals surface area contributed by atoms with Gasteiger partial charge in [0.2, 0.25) is 0 Å². The van der Waals surface area contributed by atoms with Crippen molar-refractivity contribution < 1.29 is 9.18 Å². The molecule has 1 unspecified atom stereocenters. The summed E-state index contributed by atoms with van der Waals surface area (Å²) in [5.74, 6) is -0.352. The van der Waals surface area contributed by atoms with Gasteiger partial charge >= 0.3 is 0 Å². The zero-order valence-corrected chi connectivity index (χ0v) is 14.6. The first-order valence-corrected chi connectivity index (χ1v) is 8.36. The molecular formula is C14H12Br2FNOS. The van der Waals surface area contributed by atoms with Crippen LogP contribution in [0.4, 0.5) is 4.39 Å². The standard InChI is InChI=1S/C14H12Br2FNOS/c1-8(6-9-2-4-10(17)5-3-9)18-14(19)12-7-11(15)13(16)20-12/h2-5,7-8H,6H2,1H3,(H,18,19). The largest absolute Gasteiger partial charge is 0.349 e. The van der Waals surface area contributed by atoms with E-state index in [1.165, 1.54) is 23.5 Å². The maximum Gasteiger partial charge on any atom is 0.261 e. The lowest BCUT2D eigenvalue weighted by Crippen LogP contribution is -2.33. The highest BCUT2D eigenvalue weighted by molar-refractivity contribution is 9.13. The summed E-state index contributed by atoms with van der Waals surface area (Å²) in [7, 11) is 0. The van der Waals surface area contributed by atoms with Gasteiger partial charge in [-0.05, 0) is 69.0 Å². The van der Waals surface area contributed by atoms with Gasteiger partial charge in [0, 0.05) is 10.5 Å². The Kier molecular flexibility index (Phi) is 5.35. The van der Waals surface area contributed by atoms with E-state index in [1.54, 1.807) is 18.2 Å². The fourth-order valence-electron chi connectivity index (χ4n) is 1.78. The molecule has 0 aliphatic carbocycles. The Morgan fingerprint density at radius 2 is 2.00 bits per heavy atom. The predicted octanol–water partition coefficient (Wildman–Crippen LogP) is 4.77. The van der Waals surface area contributed by atoms with Gasteiger partial charge in [-0.25, -0.2) is 4.39 Å². The number of hydrogen-bond donors (Lipinski definition) is 1. The summed E-state index contributed by atoms with van der Waals surface area (Å²) in [5, 5.41) is 2.94. The Morgan fingerprint density at radius 1 is 1.35 bits per heavy atom. The molecule has 1 heterocycles. The van der Waals surface area contributed by atoms with Gasteiger partial charge in [0.05, 0.1) is 8.66 Å². The SMILES string of the molecule is CC(Cc1ccc(F)cc1)NC(=O)c1cc(Br)c(Br)s1. The third-order valence-corrected chi connectivity index (χ3v) is 5.96. The van der Waals surface area contributed by atoms with Crippen molar-refractivity contribution in [1.29, 1.82) is 0 Å². The average molecular weight is 421 g/mol. The average Bonchev–Trinajstić information content (AvgIpc) is 2.72. The quantitative estimate of drug-likeness (QED) is 0.757. The van der Waals surface area contributed by atoms with Gasteiger partial charge < -0.3 is 5.32 Å². The number of carbonyl (C=O) groups excluding carboxylic acids is 1. The van der Waals surface area contributed by atoms with Gasteiger partial charge in [0.15, 0.2) is 0 Å². The third kappa shape index (κ3) is 4.14. The predicted molar refractivity (Wildman–Crippen MR) is 86.8 cm³/mol. The molecule has 0 radical (unpaired) electrons. The topological polar surface area (TPSA) is 29.1 Å². The first-order valence-electron chi connectivity index (χ1n) is 5.96. The van der Waals surface area contributed by atoms with Crippen molar-refractivity contribution in [1.82, 2.24) is 5.32 Å². The van der Waals surface area contributed by atoms with Crippen molar-refractivity contribution in [2.45, 2.75) is 19.4 Å². The maximum absolute atomic E-state index is 12.8. The van der Waals surface area contributed by atoms with Crippen LogP contribution in [0.25, 0.3) is 0 Å². The van der Waals surface area contributed by atoms with Crippen molar-refractivity contribution in [3.63, 3.8) is 0 Å². The minimum atomic E-state index is -0.251. The summed E-state index contributed by atoms with van der Waals surface area (Å²) in [5.41, 5.74) is 0.993. The number of amides is 1. The van der Waals surface area contributed by atoms with E-state index in [0.717, 1.165) is 13.8 Å². The molecule has 0 spiro atoms. The molecule has 0 saturated heterocycles. The summed E-state index contributed by atoms with van der Waals surface area (Å²) in [6, 6.07) is 8.09. The summed E-state index contributed by atoms with van der Waals surface area (Å²) in [6.45, 7) is 1.93. The molecular weight excluding hydrogens is 409 g/mol. The Balaban J connectivity index is 1.95. The number of rotatable bonds is 4. The smallest absolute Gasteiger partial charge is 0.261 e. The van der Waals surface area contributed by atoms with Crippen molar-refractivity contribution in [2.24, 2.45) is 0 Å². The van der Waals surface area contributed by atoms with Crippen LogP contribution in [0.3, 0.4) is 0 Å².